The molecule has 2 aliphatic heterocycles. The molecule has 18 heavy (non-hydrogen) atoms. The third-order valence-corrected chi connectivity index (χ3v) is 5.85. The normalized spacial score (nSPS) is 39.8. The van der Waals surface area contributed by atoms with Crippen molar-refractivity contribution < 1.29 is 0 Å². The van der Waals surface area contributed by atoms with Crippen molar-refractivity contribution in [2.24, 2.45) is 11.8 Å². The first-order valence-electron chi connectivity index (χ1n) is 7.79. The number of rotatable bonds is 3. The molecule has 2 bridgehead atoms. The lowest BCUT2D eigenvalue weighted by atomic mass is 9.68. The molecule has 0 aromatic heterocycles. The van der Waals surface area contributed by atoms with Gasteiger partial charge in [-0.3, -0.25) is 4.90 Å². The lowest BCUT2D eigenvalue weighted by Crippen LogP contribution is -2.62. The molecule has 106 valence electrons. The Morgan fingerprint density at radius 1 is 1.28 bits per heavy atom. The molecule has 0 amide bonds. The predicted molar refractivity (Wildman–Crippen MR) is 78.8 cm³/mol. The van der Waals surface area contributed by atoms with Gasteiger partial charge in [0.2, 0.25) is 0 Å². The van der Waals surface area contributed by atoms with Crippen LogP contribution in [-0.2, 0) is 0 Å². The SMILES string of the molecule is CCN(C)C1CC2CC(C2C)N(C(C)C)C1(C)C. The van der Waals surface area contributed by atoms with Crippen molar-refractivity contribution in [3.63, 3.8) is 0 Å². The molecule has 1 saturated carbocycles. The van der Waals surface area contributed by atoms with Gasteiger partial charge in [0.1, 0.15) is 0 Å². The molecule has 3 rings (SSSR count). The zero-order valence-corrected chi connectivity index (χ0v) is 13.4. The van der Waals surface area contributed by atoms with Gasteiger partial charge in [-0.25, -0.2) is 0 Å². The van der Waals surface area contributed by atoms with Crippen LogP contribution < -0.4 is 0 Å². The summed E-state index contributed by atoms with van der Waals surface area (Å²) in [5, 5.41) is 0. The van der Waals surface area contributed by atoms with Crippen LogP contribution in [0.25, 0.3) is 0 Å². The van der Waals surface area contributed by atoms with Crippen molar-refractivity contribution in [1.82, 2.24) is 9.80 Å². The molecule has 0 aromatic rings. The molecular formula is C16H32N2. The summed E-state index contributed by atoms with van der Waals surface area (Å²) in [4.78, 5) is 5.39. The fourth-order valence-corrected chi connectivity index (χ4v) is 4.70. The molecule has 1 aliphatic carbocycles. The molecule has 2 saturated heterocycles. The highest BCUT2D eigenvalue weighted by Crippen LogP contribution is 2.50. The van der Waals surface area contributed by atoms with Crippen molar-refractivity contribution in [3.05, 3.63) is 0 Å². The Balaban J connectivity index is 2.33. The molecule has 0 radical (unpaired) electrons. The maximum atomic E-state index is 2.82. The van der Waals surface area contributed by atoms with Crippen molar-refractivity contribution in [1.29, 1.82) is 0 Å². The van der Waals surface area contributed by atoms with Gasteiger partial charge in [-0.15, -0.1) is 0 Å². The quantitative estimate of drug-likeness (QED) is 0.761. The van der Waals surface area contributed by atoms with Gasteiger partial charge in [0.15, 0.2) is 0 Å². The Morgan fingerprint density at radius 2 is 1.89 bits per heavy atom. The van der Waals surface area contributed by atoms with Crippen LogP contribution in [0.2, 0.25) is 0 Å². The van der Waals surface area contributed by atoms with Gasteiger partial charge in [-0.2, -0.15) is 0 Å². The zero-order valence-electron chi connectivity index (χ0n) is 13.4. The highest BCUT2D eigenvalue weighted by atomic mass is 15.3. The highest BCUT2D eigenvalue weighted by Gasteiger charge is 2.54. The molecule has 4 atom stereocenters. The average molecular weight is 252 g/mol. The van der Waals surface area contributed by atoms with E-state index in [4.69, 9.17) is 0 Å². The van der Waals surface area contributed by atoms with Crippen molar-refractivity contribution in [3.8, 4) is 0 Å². The largest absolute Gasteiger partial charge is 0.302 e. The summed E-state index contributed by atoms with van der Waals surface area (Å²) in [6.45, 7) is 15.6. The van der Waals surface area contributed by atoms with Crippen LogP contribution in [0.15, 0.2) is 0 Å². The van der Waals surface area contributed by atoms with Crippen LogP contribution in [0.3, 0.4) is 0 Å². The molecule has 4 unspecified atom stereocenters. The van der Waals surface area contributed by atoms with Crippen molar-refractivity contribution in [2.75, 3.05) is 13.6 Å². The number of likely N-dealkylation sites (N-methyl/N-ethyl adjacent to an activating group) is 1. The van der Waals surface area contributed by atoms with Crippen LogP contribution in [0.4, 0.5) is 0 Å². The second-order valence-electron chi connectivity index (χ2n) is 7.40. The van der Waals surface area contributed by atoms with Gasteiger partial charge in [0.25, 0.3) is 0 Å². The standard InChI is InChI=1S/C16H32N2/c1-8-17(7)15-10-13-9-14(12(13)4)18(11(2)3)16(15,5)6/h11-15H,8-10H2,1-7H3. The van der Waals surface area contributed by atoms with Crippen LogP contribution in [0, 0.1) is 11.8 Å². The zero-order chi connectivity index (χ0) is 13.7. The van der Waals surface area contributed by atoms with E-state index in [0.717, 1.165) is 24.4 Å². The van der Waals surface area contributed by atoms with E-state index >= 15 is 0 Å². The first-order valence-corrected chi connectivity index (χ1v) is 7.79. The highest BCUT2D eigenvalue weighted by molar-refractivity contribution is 5.09. The summed E-state index contributed by atoms with van der Waals surface area (Å²) in [5.74, 6) is 1.85. The van der Waals surface area contributed by atoms with E-state index in [1.54, 1.807) is 0 Å². The van der Waals surface area contributed by atoms with E-state index in [9.17, 15) is 0 Å². The Labute approximate surface area is 114 Å². The Morgan fingerprint density at radius 3 is 2.33 bits per heavy atom. The number of nitrogens with zero attached hydrogens (tertiary/aromatic N) is 2. The fraction of sp³-hybridized carbons (Fsp3) is 1.00. The van der Waals surface area contributed by atoms with E-state index in [1.165, 1.54) is 12.8 Å². The number of hydrogen-bond acceptors (Lipinski definition) is 2. The van der Waals surface area contributed by atoms with Crippen LogP contribution in [0.1, 0.15) is 54.4 Å². The Hall–Kier alpha value is -0.0800. The lowest BCUT2D eigenvalue weighted by molar-refractivity contribution is -0.0445. The Bertz CT molecular complexity index is 297. The minimum absolute atomic E-state index is 0.295. The third kappa shape index (κ3) is 2.02. The predicted octanol–water partition coefficient (Wildman–Crippen LogP) is 3.22. The van der Waals surface area contributed by atoms with Crippen LogP contribution in [0.5, 0.6) is 0 Å². The average Bonchev–Trinajstić information content (AvgIpc) is 2.46. The van der Waals surface area contributed by atoms with E-state index in [-0.39, 0.29) is 0 Å². The summed E-state index contributed by atoms with van der Waals surface area (Å²) >= 11 is 0. The molecule has 3 aliphatic rings. The van der Waals surface area contributed by atoms with Gasteiger partial charge in [0, 0.05) is 23.7 Å². The summed E-state index contributed by atoms with van der Waals surface area (Å²) < 4.78 is 0. The first-order chi connectivity index (χ1) is 8.30. The molecule has 2 heterocycles. The minimum Gasteiger partial charge on any atom is -0.302 e. The molecular weight excluding hydrogens is 220 g/mol. The summed E-state index contributed by atoms with van der Waals surface area (Å²) in [7, 11) is 2.30. The first kappa shape index (κ1) is 14.3. The second-order valence-corrected chi connectivity index (χ2v) is 7.40. The van der Waals surface area contributed by atoms with Crippen molar-refractivity contribution >= 4 is 0 Å². The fourth-order valence-electron chi connectivity index (χ4n) is 4.70. The summed E-state index contributed by atoms with van der Waals surface area (Å²) in [6, 6.07) is 2.17. The van der Waals surface area contributed by atoms with Crippen LogP contribution in [-0.4, -0.2) is 47.1 Å². The lowest BCUT2D eigenvalue weighted by Gasteiger charge is -2.53. The molecule has 0 aromatic carbocycles. The van der Waals surface area contributed by atoms with Crippen molar-refractivity contribution in [2.45, 2.75) is 78.0 Å². The molecule has 2 heteroatoms. The van der Waals surface area contributed by atoms with E-state index in [0.29, 0.717) is 17.6 Å². The molecule has 0 N–H and O–H groups in total. The van der Waals surface area contributed by atoms with Gasteiger partial charge in [0.05, 0.1) is 0 Å². The van der Waals surface area contributed by atoms with E-state index in [2.05, 4.69) is 58.4 Å². The topological polar surface area (TPSA) is 6.48 Å². The van der Waals surface area contributed by atoms with Gasteiger partial charge in [-0.05, 0) is 66.0 Å². The third-order valence-electron chi connectivity index (χ3n) is 5.85. The molecule has 0 spiro atoms. The number of fused-ring (bicyclic) bond motifs is 3. The Kier molecular flexibility index (Phi) is 3.81. The van der Waals surface area contributed by atoms with Crippen LogP contribution >= 0.6 is 0 Å². The number of hydrogen-bond donors (Lipinski definition) is 0. The maximum absolute atomic E-state index is 2.82. The van der Waals surface area contributed by atoms with E-state index < -0.39 is 0 Å². The maximum Gasteiger partial charge on any atom is 0.0314 e. The smallest absolute Gasteiger partial charge is 0.0314 e. The molecule has 2 nitrogen and oxygen atoms in total. The molecule has 3 fully saturated rings. The monoisotopic (exact) mass is 252 g/mol. The summed E-state index contributed by atoms with van der Waals surface area (Å²) in [5.41, 5.74) is 0.295. The minimum atomic E-state index is 0.295. The second kappa shape index (κ2) is 4.79. The van der Waals surface area contributed by atoms with E-state index in [1.807, 2.05) is 0 Å². The van der Waals surface area contributed by atoms with Gasteiger partial charge >= 0.3 is 0 Å². The van der Waals surface area contributed by atoms with Gasteiger partial charge in [-0.1, -0.05) is 13.8 Å². The summed E-state index contributed by atoms with van der Waals surface area (Å²) in [6.07, 6.45) is 2.81. The van der Waals surface area contributed by atoms with Gasteiger partial charge < -0.3 is 4.90 Å².